The lowest BCUT2D eigenvalue weighted by Gasteiger charge is -2.10. The predicted octanol–water partition coefficient (Wildman–Crippen LogP) is 2.51. The summed E-state index contributed by atoms with van der Waals surface area (Å²) in [4.78, 5) is 9.91. The quantitative estimate of drug-likeness (QED) is 0.432. The zero-order chi connectivity index (χ0) is 18.4. The van der Waals surface area contributed by atoms with E-state index in [-0.39, 0.29) is 23.7 Å². The first-order chi connectivity index (χ1) is 11.8. The Morgan fingerprint density at radius 3 is 2.44 bits per heavy atom. The highest BCUT2D eigenvalue weighted by atomic mass is 35.5. The van der Waals surface area contributed by atoms with Crippen molar-refractivity contribution in [3.05, 3.63) is 63.2 Å². The molecule has 0 aliphatic heterocycles. The molecule has 0 aliphatic carbocycles. The van der Waals surface area contributed by atoms with Gasteiger partial charge in [0.2, 0.25) is 10.0 Å². The SMILES string of the molecule is N#Cc1cc(Cl)ccc1NCCNS(=O)(=O)c1ccc([N+](=O)[O-])cc1. The van der Waals surface area contributed by atoms with Gasteiger partial charge in [-0.3, -0.25) is 10.1 Å². The molecule has 0 saturated heterocycles. The Labute approximate surface area is 149 Å². The minimum Gasteiger partial charge on any atom is -0.383 e. The van der Waals surface area contributed by atoms with Crippen molar-refractivity contribution in [2.75, 3.05) is 18.4 Å². The second kappa shape index (κ2) is 7.94. The number of rotatable bonds is 7. The fourth-order valence-electron chi connectivity index (χ4n) is 1.98. The van der Waals surface area contributed by atoms with Crippen LogP contribution in [0.3, 0.4) is 0 Å². The van der Waals surface area contributed by atoms with E-state index >= 15 is 0 Å². The van der Waals surface area contributed by atoms with E-state index < -0.39 is 14.9 Å². The Bertz CT molecular complexity index is 924. The van der Waals surface area contributed by atoms with Crippen LogP contribution >= 0.6 is 11.6 Å². The molecule has 2 N–H and O–H groups in total. The molecule has 2 aromatic carbocycles. The maximum atomic E-state index is 12.1. The molecule has 10 heteroatoms. The number of hydrogen-bond donors (Lipinski definition) is 2. The zero-order valence-corrected chi connectivity index (χ0v) is 14.3. The highest BCUT2D eigenvalue weighted by Crippen LogP contribution is 2.19. The van der Waals surface area contributed by atoms with Crippen LogP contribution < -0.4 is 10.0 Å². The van der Waals surface area contributed by atoms with Gasteiger partial charge in [0.25, 0.3) is 5.69 Å². The smallest absolute Gasteiger partial charge is 0.269 e. The van der Waals surface area contributed by atoms with Gasteiger partial charge >= 0.3 is 0 Å². The summed E-state index contributed by atoms with van der Waals surface area (Å²) < 4.78 is 26.6. The summed E-state index contributed by atoms with van der Waals surface area (Å²) >= 11 is 5.80. The van der Waals surface area contributed by atoms with Gasteiger partial charge < -0.3 is 5.32 Å². The van der Waals surface area contributed by atoms with Crippen molar-refractivity contribution < 1.29 is 13.3 Å². The summed E-state index contributed by atoms with van der Waals surface area (Å²) in [6.45, 7) is 0.301. The molecular formula is C15H13ClN4O4S. The molecule has 0 aromatic heterocycles. The Hall–Kier alpha value is -2.67. The van der Waals surface area contributed by atoms with Gasteiger partial charge in [-0.15, -0.1) is 0 Å². The topological polar surface area (TPSA) is 125 Å². The molecular weight excluding hydrogens is 368 g/mol. The molecule has 0 heterocycles. The van der Waals surface area contributed by atoms with Gasteiger partial charge in [0.15, 0.2) is 0 Å². The lowest BCUT2D eigenvalue weighted by molar-refractivity contribution is -0.384. The molecule has 0 spiro atoms. The maximum Gasteiger partial charge on any atom is 0.269 e. The maximum absolute atomic E-state index is 12.1. The van der Waals surface area contributed by atoms with Crippen molar-refractivity contribution in [3.8, 4) is 6.07 Å². The summed E-state index contributed by atoms with van der Waals surface area (Å²) in [5, 5.41) is 23.0. The summed E-state index contributed by atoms with van der Waals surface area (Å²) in [6, 6.07) is 11.3. The number of sulfonamides is 1. The highest BCUT2D eigenvalue weighted by Gasteiger charge is 2.15. The van der Waals surface area contributed by atoms with Crippen molar-refractivity contribution in [2.24, 2.45) is 0 Å². The van der Waals surface area contributed by atoms with Crippen molar-refractivity contribution in [1.82, 2.24) is 4.72 Å². The Kier molecular flexibility index (Phi) is 5.93. The Morgan fingerprint density at radius 2 is 1.84 bits per heavy atom. The van der Waals surface area contributed by atoms with Gasteiger partial charge in [-0.1, -0.05) is 11.6 Å². The van der Waals surface area contributed by atoms with E-state index in [1.54, 1.807) is 12.1 Å². The minimum atomic E-state index is -3.78. The zero-order valence-electron chi connectivity index (χ0n) is 12.8. The van der Waals surface area contributed by atoms with Crippen LogP contribution in [0.4, 0.5) is 11.4 Å². The molecule has 0 saturated carbocycles. The number of non-ortho nitro benzene ring substituents is 1. The lowest BCUT2D eigenvalue weighted by Crippen LogP contribution is -2.29. The molecule has 0 atom stereocenters. The van der Waals surface area contributed by atoms with Crippen molar-refractivity contribution in [1.29, 1.82) is 5.26 Å². The molecule has 0 bridgehead atoms. The van der Waals surface area contributed by atoms with Gasteiger partial charge in [-0.2, -0.15) is 5.26 Å². The average Bonchev–Trinajstić information content (AvgIpc) is 2.59. The van der Waals surface area contributed by atoms with E-state index in [2.05, 4.69) is 10.0 Å². The fraction of sp³-hybridized carbons (Fsp3) is 0.133. The van der Waals surface area contributed by atoms with E-state index in [1.807, 2.05) is 6.07 Å². The van der Waals surface area contributed by atoms with Gasteiger partial charge in [0.1, 0.15) is 6.07 Å². The van der Waals surface area contributed by atoms with Gasteiger partial charge in [0, 0.05) is 30.2 Å². The molecule has 0 aliphatic rings. The normalized spacial score (nSPS) is 10.9. The van der Waals surface area contributed by atoms with Crippen LogP contribution in [-0.4, -0.2) is 26.4 Å². The van der Waals surface area contributed by atoms with Crippen LogP contribution in [0.1, 0.15) is 5.56 Å². The molecule has 130 valence electrons. The van der Waals surface area contributed by atoms with E-state index in [0.717, 1.165) is 12.1 Å². The summed E-state index contributed by atoms with van der Waals surface area (Å²) in [7, 11) is -3.78. The molecule has 0 amide bonds. The third-order valence-corrected chi connectivity index (χ3v) is 4.90. The third-order valence-electron chi connectivity index (χ3n) is 3.19. The van der Waals surface area contributed by atoms with E-state index in [9.17, 15) is 18.5 Å². The average molecular weight is 381 g/mol. The number of nitrogens with zero attached hydrogens (tertiary/aromatic N) is 2. The summed E-state index contributed by atoms with van der Waals surface area (Å²) in [5.74, 6) is 0. The molecule has 8 nitrogen and oxygen atoms in total. The van der Waals surface area contributed by atoms with Crippen LogP contribution in [0.25, 0.3) is 0 Å². The van der Waals surface area contributed by atoms with Crippen molar-refractivity contribution in [3.63, 3.8) is 0 Å². The number of anilines is 1. The first kappa shape index (κ1) is 18.7. The van der Waals surface area contributed by atoms with Crippen molar-refractivity contribution >= 4 is 33.0 Å². The number of hydrogen-bond acceptors (Lipinski definition) is 6. The molecule has 25 heavy (non-hydrogen) atoms. The molecule has 2 rings (SSSR count). The molecule has 0 unspecified atom stereocenters. The van der Waals surface area contributed by atoms with Crippen LogP contribution in [0.15, 0.2) is 47.4 Å². The minimum absolute atomic E-state index is 0.0623. The number of nitrogens with one attached hydrogen (secondary N) is 2. The van der Waals surface area contributed by atoms with Crippen LogP contribution in [0, 0.1) is 21.4 Å². The molecule has 0 fully saturated rings. The Balaban J connectivity index is 1.95. The third kappa shape index (κ3) is 4.90. The van der Waals surface area contributed by atoms with Crippen molar-refractivity contribution in [2.45, 2.75) is 4.90 Å². The number of nitriles is 1. The first-order valence-corrected chi connectivity index (χ1v) is 8.87. The second-order valence-corrected chi connectivity index (χ2v) is 7.08. The monoisotopic (exact) mass is 380 g/mol. The molecule has 0 radical (unpaired) electrons. The largest absolute Gasteiger partial charge is 0.383 e. The van der Waals surface area contributed by atoms with Crippen LogP contribution in [0.5, 0.6) is 0 Å². The van der Waals surface area contributed by atoms with Gasteiger partial charge in [0.05, 0.1) is 21.1 Å². The van der Waals surface area contributed by atoms with Crippen LogP contribution in [-0.2, 0) is 10.0 Å². The van der Waals surface area contributed by atoms with Gasteiger partial charge in [-0.05, 0) is 30.3 Å². The first-order valence-electron chi connectivity index (χ1n) is 7.01. The fourth-order valence-corrected chi connectivity index (χ4v) is 3.18. The number of nitro groups is 1. The second-order valence-electron chi connectivity index (χ2n) is 4.88. The summed E-state index contributed by atoms with van der Waals surface area (Å²) in [5.41, 5.74) is 0.708. The van der Waals surface area contributed by atoms with Gasteiger partial charge in [-0.25, -0.2) is 13.1 Å². The standard InChI is InChI=1S/C15H13ClN4O4S/c16-12-1-6-15(11(9-12)10-17)18-7-8-19-25(23,24)14-4-2-13(3-5-14)20(21)22/h1-6,9,18-19H,7-8H2. The van der Waals surface area contributed by atoms with E-state index in [1.165, 1.54) is 18.2 Å². The van der Waals surface area contributed by atoms with E-state index in [4.69, 9.17) is 16.9 Å². The molecule has 2 aromatic rings. The number of halogens is 1. The number of nitro benzene ring substituents is 1. The Morgan fingerprint density at radius 1 is 1.16 bits per heavy atom. The predicted molar refractivity (Wildman–Crippen MR) is 92.9 cm³/mol. The van der Waals surface area contributed by atoms with Crippen LogP contribution in [0.2, 0.25) is 5.02 Å². The lowest BCUT2D eigenvalue weighted by atomic mass is 10.2. The highest BCUT2D eigenvalue weighted by molar-refractivity contribution is 7.89. The van der Waals surface area contributed by atoms with E-state index in [0.29, 0.717) is 16.3 Å². The summed E-state index contributed by atoms with van der Waals surface area (Å²) in [6.07, 6.45) is 0. The number of benzene rings is 2.